The van der Waals surface area contributed by atoms with Crippen molar-refractivity contribution < 1.29 is 35.5 Å². The van der Waals surface area contributed by atoms with Crippen molar-refractivity contribution in [3.05, 3.63) is 41.0 Å². The number of benzene rings is 1. The summed E-state index contributed by atoms with van der Waals surface area (Å²) in [5, 5.41) is 1.77. The average Bonchev–Trinajstić information content (AvgIpc) is 2.85. The Kier molecular flexibility index (Phi) is 4.62. The van der Waals surface area contributed by atoms with Gasteiger partial charge >= 0.3 is 18.0 Å². The number of halogens is 8. The molecule has 136 valence electrons. The van der Waals surface area contributed by atoms with Gasteiger partial charge in [-0.3, -0.25) is 4.79 Å². The molecule has 11 heteroatoms. The minimum atomic E-state index is -6.55. The fourth-order valence-corrected chi connectivity index (χ4v) is 2.34. The lowest BCUT2D eigenvalue weighted by molar-refractivity contribution is -0.360. The largest absolute Gasteiger partial charge is 0.460 e. The molecule has 0 fully saturated rings. The zero-order valence-corrected chi connectivity index (χ0v) is 13.0. The van der Waals surface area contributed by atoms with E-state index in [9.17, 15) is 35.5 Å². The van der Waals surface area contributed by atoms with Crippen LogP contribution in [0.3, 0.4) is 0 Å². The van der Waals surface area contributed by atoms with Crippen molar-refractivity contribution in [3.63, 3.8) is 0 Å². The van der Waals surface area contributed by atoms with E-state index >= 15 is 0 Å². The molecule has 0 N–H and O–H groups in total. The zero-order chi connectivity index (χ0) is 19.2. The van der Waals surface area contributed by atoms with Crippen molar-refractivity contribution in [1.82, 2.24) is 9.78 Å². The normalized spacial score (nSPS) is 13.2. The Morgan fingerprint density at radius 3 is 2.00 bits per heavy atom. The first kappa shape index (κ1) is 19.2. The molecule has 1 aromatic heterocycles. The predicted octanol–water partition coefficient (Wildman–Crippen LogP) is 5.15. The van der Waals surface area contributed by atoms with Crippen LogP contribution in [0.25, 0.3) is 11.3 Å². The lowest BCUT2D eigenvalue weighted by Crippen LogP contribution is -2.50. The van der Waals surface area contributed by atoms with Crippen molar-refractivity contribution >= 4 is 17.5 Å². The Morgan fingerprint density at radius 2 is 1.56 bits per heavy atom. The Balaban J connectivity index is 2.75. The third-order valence-electron chi connectivity index (χ3n) is 3.22. The predicted molar refractivity (Wildman–Crippen MR) is 73.9 cm³/mol. The highest BCUT2D eigenvalue weighted by Gasteiger charge is 2.75. The summed E-state index contributed by atoms with van der Waals surface area (Å²) in [6.07, 6.45) is -6.55. The Bertz CT molecular complexity index is 800. The second-order valence-electron chi connectivity index (χ2n) is 4.95. The van der Waals surface area contributed by atoms with Gasteiger partial charge in [0.15, 0.2) is 5.69 Å². The molecule has 3 nitrogen and oxygen atoms in total. The molecule has 0 spiro atoms. The van der Waals surface area contributed by atoms with Gasteiger partial charge in [0.2, 0.25) is 5.91 Å². The van der Waals surface area contributed by atoms with Crippen molar-refractivity contribution in [3.8, 4) is 11.3 Å². The minimum Gasteiger partial charge on any atom is -0.273 e. The van der Waals surface area contributed by atoms with E-state index in [0.29, 0.717) is 0 Å². The molecule has 0 aliphatic rings. The first-order chi connectivity index (χ1) is 11.3. The van der Waals surface area contributed by atoms with Crippen molar-refractivity contribution in [2.75, 3.05) is 0 Å². The quantitative estimate of drug-likeness (QED) is 0.681. The van der Waals surface area contributed by atoms with Crippen LogP contribution in [0, 0.1) is 0 Å². The van der Waals surface area contributed by atoms with E-state index in [4.69, 9.17) is 11.6 Å². The highest BCUT2D eigenvalue weighted by atomic mass is 35.5. The highest BCUT2D eigenvalue weighted by molar-refractivity contribution is 6.34. The monoisotopic (exact) mass is 388 g/mol. The Labute approximate surface area is 141 Å². The topological polar surface area (TPSA) is 34.9 Å². The number of aromatic nitrogens is 2. The van der Waals surface area contributed by atoms with Crippen LogP contribution in [0.1, 0.15) is 17.4 Å². The minimum absolute atomic E-state index is 0.0348. The third-order valence-corrected chi connectivity index (χ3v) is 3.58. The summed E-state index contributed by atoms with van der Waals surface area (Å²) in [4.78, 5) is 11.6. The van der Waals surface area contributed by atoms with Crippen molar-refractivity contribution in [1.29, 1.82) is 0 Å². The van der Waals surface area contributed by atoms with E-state index in [-0.39, 0.29) is 10.2 Å². The number of nitrogens with zero attached hydrogens (tertiary/aromatic N) is 2. The molecule has 25 heavy (non-hydrogen) atoms. The standard InChI is InChI=1S/C14H8ClF7N2O/c1-7(25)24-10(8-5-3-2-4-6-8)9(15)11(23-24)12(16,17)13(18,19)14(20,21)22/h2-6H,1H3. The van der Waals surface area contributed by atoms with Crippen LogP contribution >= 0.6 is 11.6 Å². The highest BCUT2D eigenvalue weighted by Crippen LogP contribution is 2.53. The van der Waals surface area contributed by atoms with Crippen molar-refractivity contribution in [2.24, 2.45) is 0 Å². The molecular weight excluding hydrogens is 381 g/mol. The lowest BCUT2D eigenvalue weighted by atomic mass is 10.1. The molecule has 0 saturated heterocycles. The smallest absolute Gasteiger partial charge is 0.273 e. The van der Waals surface area contributed by atoms with E-state index in [2.05, 4.69) is 5.10 Å². The maximum absolute atomic E-state index is 13.9. The summed E-state index contributed by atoms with van der Waals surface area (Å²) in [6.45, 7) is 0.861. The van der Waals surface area contributed by atoms with Gasteiger partial charge < -0.3 is 0 Å². The van der Waals surface area contributed by atoms with Crippen LogP contribution in [0.15, 0.2) is 30.3 Å². The molecule has 0 aliphatic heterocycles. The van der Waals surface area contributed by atoms with Gasteiger partial charge in [0.05, 0.1) is 10.7 Å². The molecule has 0 radical (unpaired) electrons. The maximum atomic E-state index is 13.9. The molecule has 2 aromatic rings. The van der Waals surface area contributed by atoms with E-state index in [1.165, 1.54) is 30.3 Å². The fraction of sp³-hybridized carbons (Fsp3) is 0.286. The number of alkyl halides is 7. The summed E-state index contributed by atoms with van der Waals surface area (Å²) in [5.41, 5.74) is -2.51. The first-order valence-corrected chi connectivity index (χ1v) is 6.88. The van der Waals surface area contributed by atoms with Gasteiger partial charge in [-0.05, 0) is 0 Å². The lowest BCUT2D eigenvalue weighted by Gasteiger charge is -2.26. The first-order valence-electron chi connectivity index (χ1n) is 6.50. The molecular formula is C14H8ClF7N2O. The zero-order valence-electron chi connectivity index (χ0n) is 12.2. The molecule has 1 aromatic carbocycles. The Hall–Kier alpha value is -2.10. The van der Waals surface area contributed by atoms with Gasteiger partial charge in [-0.15, -0.1) is 0 Å². The molecule has 0 amide bonds. The van der Waals surface area contributed by atoms with Gasteiger partial charge in [-0.1, -0.05) is 41.9 Å². The summed E-state index contributed by atoms with van der Waals surface area (Å²) < 4.78 is 91.7. The summed E-state index contributed by atoms with van der Waals surface area (Å²) in [7, 11) is 0. The summed E-state index contributed by atoms with van der Waals surface area (Å²) in [5.74, 6) is -13.2. The Morgan fingerprint density at radius 1 is 1.04 bits per heavy atom. The van der Waals surface area contributed by atoms with Gasteiger partial charge in [0, 0.05) is 12.5 Å². The summed E-state index contributed by atoms with van der Waals surface area (Å²) in [6, 6.07) is 6.97. The van der Waals surface area contributed by atoms with Crippen LogP contribution in [0.2, 0.25) is 5.02 Å². The molecule has 2 rings (SSSR count). The maximum Gasteiger partial charge on any atom is 0.460 e. The van der Waals surface area contributed by atoms with Gasteiger partial charge in [-0.2, -0.15) is 40.5 Å². The van der Waals surface area contributed by atoms with Gasteiger partial charge in [-0.25, -0.2) is 0 Å². The molecule has 0 unspecified atom stereocenters. The second kappa shape index (κ2) is 6.01. The van der Waals surface area contributed by atoms with Crippen LogP contribution in [-0.4, -0.2) is 27.8 Å². The number of carbonyl (C=O) groups is 1. The van der Waals surface area contributed by atoms with Crippen LogP contribution < -0.4 is 0 Å². The van der Waals surface area contributed by atoms with Crippen molar-refractivity contribution in [2.45, 2.75) is 24.9 Å². The number of hydrogen-bond donors (Lipinski definition) is 0. The third kappa shape index (κ3) is 2.99. The second-order valence-corrected chi connectivity index (χ2v) is 5.33. The summed E-state index contributed by atoms with van der Waals surface area (Å²) >= 11 is 5.63. The molecule has 1 heterocycles. The average molecular weight is 389 g/mol. The van der Waals surface area contributed by atoms with Crippen LogP contribution in [-0.2, 0) is 5.92 Å². The molecule has 0 bridgehead atoms. The van der Waals surface area contributed by atoms with E-state index < -0.39 is 40.3 Å². The van der Waals surface area contributed by atoms with Crippen LogP contribution in [0.5, 0.6) is 0 Å². The van der Waals surface area contributed by atoms with E-state index in [0.717, 1.165) is 6.92 Å². The molecule has 0 saturated carbocycles. The number of carbonyl (C=O) groups excluding carboxylic acids is 1. The van der Waals surface area contributed by atoms with Crippen LogP contribution in [0.4, 0.5) is 30.7 Å². The molecule has 0 aliphatic carbocycles. The number of rotatable bonds is 3. The number of hydrogen-bond acceptors (Lipinski definition) is 2. The fourth-order valence-electron chi connectivity index (χ4n) is 2.00. The van der Waals surface area contributed by atoms with E-state index in [1.54, 1.807) is 0 Å². The molecule has 0 atom stereocenters. The van der Waals surface area contributed by atoms with Gasteiger partial charge in [0.1, 0.15) is 0 Å². The SMILES string of the molecule is CC(=O)n1nc(C(F)(F)C(F)(F)C(F)(F)F)c(Cl)c1-c1ccccc1. The van der Waals surface area contributed by atoms with Gasteiger partial charge in [0.25, 0.3) is 0 Å². The van der Waals surface area contributed by atoms with E-state index in [1.807, 2.05) is 0 Å².